The molecular weight excluding hydrogens is 402 g/mol. The van der Waals surface area contributed by atoms with Gasteiger partial charge in [-0.3, -0.25) is 9.59 Å². The summed E-state index contributed by atoms with van der Waals surface area (Å²) in [4.78, 5) is 27.6. The molecule has 0 saturated carbocycles. The van der Waals surface area contributed by atoms with Crippen molar-refractivity contribution in [2.75, 3.05) is 13.1 Å². The molecule has 30 heavy (non-hydrogen) atoms. The van der Waals surface area contributed by atoms with Crippen molar-refractivity contribution in [1.29, 1.82) is 0 Å². The van der Waals surface area contributed by atoms with Gasteiger partial charge in [-0.05, 0) is 44.4 Å². The molecule has 2 aromatic rings. The van der Waals surface area contributed by atoms with E-state index in [4.69, 9.17) is 0 Å². The van der Waals surface area contributed by atoms with Gasteiger partial charge in [0.15, 0.2) is 0 Å². The van der Waals surface area contributed by atoms with E-state index in [9.17, 15) is 18.0 Å². The lowest BCUT2D eigenvalue weighted by Gasteiger charge is -2.22. The molecule has 1 unspecified atom stereocenters. The molecule has 1 aromatic carbocycles. The minimum Gasteiger partial charge on any atom is -0.350 e. The smallest absolute Gasteiger partial charge is 0.252 e. The molecule has 2 N–H and O–H groups in total. The van der Waals surface area contributed by atoms with Crippen LogP contribution in [-0.4, -0.2) is 42.7 Å². The Hall–Kier alpha value is -2.19. The monoisotopic (exact) mass is 435 g/mol. The number of rotatable bonds is 11. The van der Waals surface area contributed by atoms with Gasteiger partial charge in [-0.25, -0.2) is 8.42 Å². The van der Waals surface area contributed by atoms with Crippen LogP contribution in [0.25, 0.3) is 10.9 Å². The Balaban J connectivity index is 2.54. The topological polar surface area (TPSA) is 99.3 Å². The molecule has 2 rings (SSSR count). The first-order valence-corrected chi connectivity index (χ1v) is 12.2. The summed E-state index contributed by atoms with van der Waals surface area (Å²) in [5.41, 5.74) is 0.212. The number of fused-ring (bicyclic) bond motifs is 1. The van der Waals surface area contributed by atoms with Crippen molar-refractivity contribution in [2.45, 2.75) is 70.7 Å². The van der Waals surface area contributed by atoms with Crippen molar-refractivity contribution >= 4 is 26.8 Å². The van der Waals surface area contributed by atoms with Crippen LogP contribution in [0.15, 0.2) is 34.0 Å². The Morgan fingerprint density at radius 2 is 1.73 bits per heavy atom. The van der Waals surface area contributed by atoms with E-state index < -0.39 is 15.6 Å². The lowest BCUT2D eigenvalue weighted by atomic mass is 10.1. The van der Waals surface area contributed by atoms with Gasteiger partial charge in [-0.1, -0.05) is 33.6 Å². The third-order valence-electron chi connectivity index (χ3n) is 5.21. The molecule has 1 atom stereocenters. The molecule has 0 radical (unpaired) electrons. The average Bonchev–Trinajstić information content (AvgIpc) is 2.72. The van der Waals surface area contributed by atoms with Crippen LogP contribution < -0.4 is 10.9 Å². The predicted octanol–water partition coefficient (Wildman–Crippen LogP) is 3.65. The summed E-state index contributed by atoms with van der Waals surface area (Å²) in [5.74, 6) is -0.385. The molecule has 0 aliphatic heterocycles. The molecule has 1 amide bonds. The van der Waals surface area contributed by atoms with Crippen molar-refractivity contribution in [2.24, 2.45) is 0 Å². The Labute approximate surface area is 178 Å². The Kier molecular flexibility index (Phi) is 8.61. The van der Waals surface area contributed by atoms with Gasteiger partial charge in [-0.15, -0.1) is 0 Å². The highest BCUT2D eigenvalue weighted by atomic mass is 32.2. The quantitative estimate of drug-likeness (QED) is 0.563. The number of sulfonamides is 1. The summed E-state index contributed by atoms with van der Waals surface area (Å²) >= 11 is 0. The highest BCUT2D eigenvalue weighted by Gasteiger charge is 2.25. The third-order valence-corrected chi connectivity index (χ3v) is 7.10. The molecule has 1 heterocycles. The lowest BCUT2D eigenvalue weighted by molar-refractivity contribution is 0.0940. The van der Waals surface area contributed by atoms with Gasteiger partial charge >= 0.3 is 0 Å². The fraction of sp³-hybridized carbons (Fsp3) is 0.545. The number of unbranched alkanes of at least 4 members (excludes halogenated alkanes) is 2. The Bertz CT molecular complexity index is 1020. The fourth-order valence-electron chi connectivity index (χ4n) is 3.15. The first kappa shape index (κ1) is 24.1. The molecule has 166 valence electrons. The lowest BCUT2D eigenvalue weighted by Crippen LogP contribution is -2.33. The van der Waals surface area contributed by atoms with Crippen LogP contribution in [0, 0.1) is 0 Å². The largest absolute Gasteiger partial charge is 0.350 e. The van der Waals surface area contributed by atoms with Crippen molar-refractivity contribution in [1.82, 2.24) is 14.6 Å². The highest BCUT2D eigenvalue weighted by molar-refractivity contribution is 7.89. The van der Waals surface area contributed by atoms with E-state index in [0.29, 0.717) is 24.0 Å². The number of carbonyl (C=O) groups is 1. The number of carbonyl (C=O) groups excluding carboxylic acids is 1. The van der Waals surface area contributed by atoms with Crippen LogP contribution in [0.4, 0.5) is 0 Å². The number of benzene rings is 1. The zero-order chi connectivity index (χ0) is 22.3. The van der Waals surface area contributed by atoms with Crippen LogP contribution in [0.1, 0.15) is 70.2 Å². The molecule has 0 aliphatic rings. The second kappa shape index (κ2) is 10.7. The van der Waals surface area contributed by atoms with Crippen LogP contribution >= 0.6 is 0 Å². The molecule has 0 aliphatic carbocycles. The van der Waals surface area contributed by atoms with Gasteiger partial charge in [-0.2, -0.15) is 4.31 Å². The van der Waals surface area contributed by atoms with E-state index in [2.05, 4.69) is 10.3 Å². The predicted molar refractivity (Wildman–Crippen MR) is 120 cm³/mol. The number of hydrogen-bond acceptors (Lipinski definition) is 4. The molecule has 0 bridgehead atoms. The minimum absolute atomic E-state index is 0.0580. The van der Waals surface area contributed by atoms with Gasteiger partial charge < -0.3 is 10.3 Å². The maximum absolute atomic E-state index is 13.3. The average molecular weight is 436 g/mol. The highest BCUT2D eigenvalue weighted by Crippen LogP contribution is 2.23. The summed E-state index contributed by atoms with van der Waals surface area (Å²) in [6.45, 7) is 8.81. The van der Waals surface area contributed by atoms with E-state index in [1.165, 1.54) is 22.5 Å². The van der Waals surface area contributed by atoms with Gasteiger partial charge in [0.2, 0.25) is 15.6 Å². The number of nitrogens with one attached hydrogen (secondary N) is 2. The fourth-order valence-corrected chi connectivity index (χ4v) is 4.70. The van der Waals surface area contributed by atoms with Crippen LogP contribution in [0.5, 0.6) is 0 Å². The van der Waals surface area contributed by atoms with Gasteiger partial charge in [0.05, 0.1) is 10.5 Å². The SMILES string of the molecule is CCCCN(CCCC)S(=O)(=O)c1ccc2[nH]c(=O)cc(C(=O)NC(C)CC)c2c1. The van der Waals surface area contributed by atoms with E-state index in [1.807, 2.05) is 27.7 Å². The standard InChI is InChI=1S/C22H33N3O4S/c1-5-8-12-25(13-9-6-2)30(28,29)17-10-11-20-18(14-17)19(15-21(26)24-20)22(27)23-16(4)7-3/h10-11,14-16H,5-9,12-13H2,1-4H3,(H,23,27)(H,24,26). The van der Waals surface area contributed by atoms with Gasteiger partial charge in [0.1, 0.15) is 0 Å². The first-order valence-electron chi connectivity index (χ1n) is 10.7. The third kappa shape index (κ3) is 5.70. The number of amides is 1. The van der Waals surface area contributed by atoms with Gasteiger partial charge in [0.25, 0.3) is 5.91 Å². The molecular formula is C22H33N3O4S. The maximum Gasteiger partial charge on any atom is 0.252 e. The second-order valence-corrected chi connectivity index (χ2v) is 9.59. The molecule has 8 heteroatoms. The summed E-state index contributed by atoms with van der Waals surface area (Å²) in [7, 11) is -3.71. The molecule has 0 saturated heterocycles. The van der Waals surface area contributed by atoms with Crippen LogP contribution in [0.3, 0.4) is 0 Å². The van der Waals surface area contributed by atoms with E-state index in [-0.39, 0.29) is 22.4 Å². The Morgan fingerprint density at radius 3 is 2.30 bits per heavy atom. The molecule has 0 spiro atoms. The van der Waals surface area contributed by atoms with E-state index in [0.717, 1.165) is 32.1 Å². The maximum atomic E-state index is 13.3. The second-order valence-electron chi connectivity index (χ2n) is 7.65. The number of H-pyrrole nitrogens is 1. The zero-order valence-corrected chi connectivity index (χ0v) is 19.1. The van der Waals surface area contributed by atoms with E-state index >= 15 is 0 Å². The molecule has 1 aromatic heterocycles. The van der Waals surface area contributed by atoms with Gasteiger partial charge in [0, 0.05) is 36.1 Å². The molecule has 0 fully saturated rings. The zero-order valence-electron chi connectivity index (χ0n) is 18.3. The molecule has 7 nitrogen and oxygen atoms in total. The minimum atomic E-state index is -3.71. The van der Waals surface area contributed by atoms with Crippen molar-refractivity contribution in [3.8, 4) is 0 Å². The van der Waals surface area contributed by atoms with Crippen LogP contribution in [0.2, 0.25) is 0 Å². The number of hydrogen-bond donors (Lipinski definition) is 2. The van der Waals surface area contributed by atoms with Crippen LogP contribution in [-0.2, 0) is 10.0 Å². The van der Waals surface area contributed by atoms with Crippen molar-refractivity contribution in [3.63, 3.8) is 0 Å². The van der Waals surface area contributed by atoms with E-state index in [1.54, 1.807) is 6.07 Å². The number of aromatic amines is 1. The normalized spacial score (nSPS) is 13.0. The van der Waals surface area contributed by atoms with Crippen molar-refractivity contribution < 1.29 is 13.2 Å². The first-order chi connectivity index (χ1) is 14.2. The number of aromatic nitrogens is 1. The van der Waals surface area contributed by atoms with Crippen molar-refractivity contribution in [3.05, 3.63) is 40.2 Å². The number of nitrogens with zero attached hydrogens (tertiary/aromatic N) is 1. The Morgan fingerprint density at radius 1 is 1.10 bits per heavy atom. The summed E-state index contributed by atoms with van der Waals surface area (Å²) < 4.78 is 28.1. The summed E-state index contributed by atoms with van der Waals surface area (Å²) in [6, 6.07) is 5.72. The summed E-state index contributed by atoms with van der Waals surface area (Å²) in [6.07, 6.45) is 4.11. The number of pyridine rings is 1. The summed E-state index contributed by atoms with van der Waals surface area (Å²) in [5, 5.41) is 3.27.